The molecule has 116 valence electrons. The number of rotatable bonds is 3. The summed E-state index contributed by atoms with van der Waals surface area (Å²) in [5, 5.41) is 18.2. The standard InChI is InChI=1S/C14H17F2NO4/c1-7-4-17(5-8(2)21-7)13-9(6-18)3-10(14(19)20)11(15)12(13)16/h3,7-8,18H,4-6H2,1-2H3,(H,19,20). The molecular formula is C14H17F2NO4. The maximum Gasteiger partial charge on any atom is 0.338 e. The fourth-order valence-electron chi connectivity index (χ4n) is 2.65. The zero-order valence-corrected chi connectivity index (χ0v) is 11.8. The van der Waals surface area contributed by atoms with Crippen LogP contribution >= 0.6 is 0 Å². The average molecular weight is 301 g/mol. The van der Waals surface area contributed by atoms with Crippen LogP contribution in [-0.4, -0.2) is 41.5 Å². The van der Waals surface area contributed by atoms with Crippen molar-refractivity contribution in [2.75, 3.05) is 18.0 Å². The molecule has 1 heterocycles. The van der Waals surface area contributed by atoms with Crippen LogP contribution in [0.2, 0.25) is 0 Å². The van der Waals surface area contributed by atoms with Crippen LogP contribution in [0.1, 0.15) is 29.8 Å². The Hall–Kier alpha value is -1.73. The van der Waals surface area contributed by atoms with Crippen LogP contribution in [0.25, 0.3) is 0 Å². The Morgan fingerprint density at radius 3 is 2.38 bits per heavy atom. The van der Waals surface area contributed by atoms with Gasteiger partial charge in [0.2, 0.25) is 0 Å². The van der Waals surface area contributed by atoms with E-state index in [1.165, 1.54) is 0 Å². The smallest absolute Gasteiger partial charge is 0.338 e. The zero-order valence-electron chi connectivity index (χ0n) is 11.8. The molecule has 21 heavy (non-hydrogen) atoms. The molecule has 1 aromatic carbocycles. The molecule has 1 aliphatic heterocycles. The molecule has 2 atom stereocenters. The van der Waals surface area contributed by atoms with Crippen LogP contribution in [0.4, 0.5) is 14.5 Å². The number of carbonyl (C=O) groups is 1. The predicted octanol–water partition coefficient (Wildman–Crippen LogP) is 1.77. The predicted molar refractivity (Wildman–Crippen MR) is 71.5 cm³/mol. The van der Waals surface area contributed by atoms with Gasteiger partial charge in [-0.15, -0.1) is 0 Å². The van der Waals surface area contributed by atoms with E-state index in [4.69, 9.17) is 9.84 Å². The summed E-state index contributed by atoms with van der Waals surface area (Å²) in [6.07, 6.45) is -0.358. The summed E-state index contributed by atoms with van der Waals surface area (Å²) < 4.78 is 33.7. The van der Waals surface area contributed by atoms with Gasteiger partial charge in [-0.2, -0.15) is 0 Å². The average Bonchev–Trinajstić information content (AvgIpc) is 2.39. The minimum atomic E-state index is -1.57. The lowest BCUT2D eigenvalue weighted by molar-refractivity contribution is -0.00555. The molecule has 2 unspecified atom stereocenters. The summed E-state index contributed by atoms with van der Waals surface area (Å²) in [6.45, 7) is 3.70. The second-order valence-electron chi connectivity index (χ2n) is 5.19. The minimum absolute atomic E-state index is 0.0487. The Kier molecular flexibility index (Phi) is 4.43. The van der Waals surface area contributed by atoms with Crippen molar-refractivity contribution in [2.24, 2.45) is 0 Å². The normalized spacial score (nSPS) is 22.4. The van der Waals surface area contributed by atoms with Crippen LogP contribution < -0.4 is 4.90 Å². The van der Waals surface area contributed by atoms with Gasteiger partial charge in [0.25, 0.3) is 0 Å². The molecule has 0 radical (unpaired) electrons. The number of ether oxygens (including phenoxy) is 1. The molecule has 2 N–H and O–H groups in total. The van der Waals surface area contributed by atoms with Gasteiger partial charge in [-0.1, -0.05) is 0 Å². The fraction of sp³-hybridized carbons (Fsp3) is 0.500. The molecule has 0 saturated carbocycles. The van der Waals surface area contributed by atoms with Crippen molar-refractivity contribution in [3.05, 3.63) is 28.8 Å². The number of aromatic carboxylic acids is 1. The number of hydrogen-bond donors (Lipinski definition) is 2. The molecule has 1 aliphatic rings. The first-order valence-corrected chi connectivity index (χ1v) is 6.60. The summed E-state index contributed by atoms with van der Waals surface area (Å²) in [4.78, 5) is 12.5. The topological polar surface area (TPSA) is 70.0 Å². The van der Waals surface area contributed by atoms with Crippen LogP contribution in [0.5, 0.6) is 0 Å². The Labute approximate surface area is 120 Å². The van der Waals surface area contributed by atoms with Gasteiger partial charge in [0.1, 0.15) is 0 Å². The summed E-state index contributed by atoms with van der Waals surface area (Å²) in [7, 11) is 0. The van der Waals surface area contributed by atoms with E-state index in [9.17, 15) is 18.7 Å². The number of halogens is 2. The molecule has 0 bridgehead atoms. The number of hydrogen-bond acceptors (Lipinski definition) is 4. The molecule has 5 nitrogen and oxygen atoms in total. The summed E-state index contributed by atoms with van der Waals surface area (Å²) in [6, 6.07) is 0.973. The van der Waals surface area contributed by atoms with Crippen molar-refractivity contribution in [3.63, 3.8) is 0 Å². The van der Waals surface area contributed by atoms with Gasteiger partial charge in [0.05, 0.1) is 30.1 Å². The van der Waals surface area contributed by atoms with Gasteiger partial charge >= 0.3 is 5.97 Å². The van der Waals surface area contributed by atoms with Crippen molar-refractivity contribution in [3.8, 4) is 0 Å². The maximum atomic E-state index is 14.3. The lowest BCUT2D eigenvalue weighted by Crippen LogP contribution is -2.46. The lowest BCUT2D eigenvalue weighted by atomic mass is 10.0. The van der Waals surface area contributed by atoms with Crippen molar-refractivity contribution < 1.29 is 28.5 Å². The number of aliphatic hydroxyl groups is 1. The number of carboxylic acids is 1. The number of aliphatic hydroxyl groups excluding tert-OH is 1. The summed E-state index contributed by atoms with van der Waals surface area (Å²) in [5.74, 6) is -4.24. The van der Waals surface area contributed by atoms with Crippen molar-refractivity contribution in [2.45, 2.75) is 32.7 Å². The van der Waals surface area contributed by atoms with Crippen molar-refractivity contribution in [1.82, 2.24) is 0 Å². The third-order valence-electron chi connectivity index (χ3n) is 3.40. The molecular weight excluding hydrogens is 284 g/mol. The number of anilines is 1. The van der Waals surface area contributed by atoms with Crippen LogP contribution in [-0.2, 0) is 11.3 Å². The van der Waals surface area contributed by atoms with E-state index >= 15 is 0 Å². The highest BCUT2D eigenvalue weighted by Gasteiger charge is 2.29. The Balaban J connectivity index is 2.52. The first-order chi connectivity index (χ1) is 9.85. The molecule has 1 fully saturated rings. The first kappa shape index (κ1) is 15.7. The molecule has 0 spiro atoms. The molecule has 1 saturated heterocycles. The second-order valence-corrected chi connectivity index (χ2v) is 5.19. The first-order valence-electron chi connectivity index (χ1n) is 6.60. The van der Waals surface area contributed by atoms with Crippen molar-refractivity contribution >= 4 is 11.7 Å². The third kappa shape index (κ3) is 2.98. The monoisotopic (exact) mass is 301 g/mol. The SMILES string of the molecule is CC1CN(c2c(CO)cc(C(=O)O)c(F)c2F)CC(C)O1. The van der Waals surface area contributed by atoms with Crippen molar-refractivity contribution in [1.29, 1.82) is 0 Å². The Bertz CT molecular complexity index is 554. The third-order valence-corrected chi connectivity index (χ3v) is 3.40. The highest BCUT2D eigenvalue weighted by Crippen LogP contribution is 2.31. The number of benzene rings is 1. The van der Waals surface area contributed by atoms with E-state index in [-0.39, 0.29) is 23.5 Å². The van der Waals surface area contributed by atoms with Crippen LogP contribution in [0.3, 0.4) is 0 Å². The van der Waals surface area contributed by atoms with Gasteiger partial charge in [0, 0.05) is 18.7 Å². The number of carboxylic acid groups (broad SMARTS) is 1. The maximum absolute atomic E-state index is 14.3. The van der Waals surface area contributed by atoms with Gasteiger partial charge in [-0.3, -0.25) is 0 Å². The van der Waals surface area contributed by atoms with E-state index in [1.807, 2.05) is 0 Å². The van der Waals surface area contributed by atoms with Gasteiger partial charge in [-0.05, 0) is 19.9 Å². The lowest BCUT2D eigenvalue weighted by Gasteiger charge is -2.37. The molecule has 0 amide bonds. The molecule has 0 aliphatic carbocycles. The van der Waals surface area contributed by atoms with E-state index in [0.29, 0.717) is 13.1 Å². The van der Waals surface area contributed by atoms with Crippen LogP contribution in [0.15, 0.2) is 6.07 Å². The largest absolute Gasteiger partial charge is 0.478 e. The molecule has 0 aromatic heterocycles. The summed E-state index contributed by atoms with van der Waals surface area (Å²) >= 11 is 0. The highest BCUT2D eigenvalue weighted by atomic mass is 19.2. The molecule has 2 rings (SSSR count). The van der Waals surface area contributed by atoms with Gasteiger partial charge < -0.3 is 19.8 Å². The minimum Gasteiger partial charge on any atom is -0.478 e. The zero-order chi connectivity index (χ0) is 15.7. The van der Waals surface area contributed by atoms with Crippen LogP contribution in [0, 0.1) is 11.6 Å². The van der Waals surface area contributed by atoms with E-state index < -0.39 is 29.8 Å². The fourth-order valence-corrected chi connectivity index (χ4v) is 2.65. The second kappa shape index (κ2) is 5.95. The van der Waals surface area contributed by atoms with Gasteiger partial charge in [0.15, 0.2) is 11.6 Å². The number of morpholine rings is 1. The van der Waals surface area contributed by atoms with E-state index in [0.717, 1.165) is 6.07 Å². The van der Waals surface area contributed by atoms with E-state index in [2.05, 4.69) is 0 Å². The Morgan fingerprint density at radius 1 is 1.33 bits per heavy atom. The van der Waals surface area contributed by atoms with E-state index in [1.54, 1.807) is 18.7 Å². The van der Waals surface area contributed by atoms with Gasteiger partial charge in [-0.25, -0.2) is 13.6 Å². The quantitative estimate of drug-likeness (QED) is 0.890. The number of nitrogens with zero attached hydrogens (tertiary/aromatic N) is 1. The molecule has 1 aromatic rings. The Morgan fingerprint density at radius 2 is 1.90 bits per heavy atom. The molecule has 7 heteroatoms. The summed E-state index contributed by atoms with van der Waals surface area (Å²) in [5.41, 5.74) is -0.829. The highest BCUT2D eigenvalue weighted by molar-refractivity contribution is 5.89.